The van der Waals surface area contributed by atoms with Crippen molar-refractivity contribution in [3.63, 3.8) is 0 Å². The van der Waals surface area contributed by atoms with Crippen LogP contribution in [0.5, 0.6) is 0 Å². The molecule has 0 bridgehead atoms. The van der Waals surface area contributed by atoms with Crippen molar-refractivity contribution < 1.29 is 28.6 Å². The number of carbonyl (C=O) groups is 3. The average molecular weight is 501 g/mol. The van der Waals surface area contributed by atoms with E-state index in [1.165, 1.54) is 17.0 Å². The van der Waals surface area contributed by atoms with E-state index in [1.807, 2.05) is 0 Å². The smallest absolute Gasteiger partial charge is 0.407 e. The molecule has 0 radical (unpaired) electrons. The molecule has 1 atom stereocenters. The number of carbonyl (C=O) groups excluding carboxylic acids is 3. The van der Waals surface area contributed by atoms with Crippen molar-refractivity contribution in [1.82, 2.24) is 15.2 Å². The summed E-state index contributed by atoms with van der Waals surface area (Å²) in [5, 5.41) is 14.0. The Labute approximate surface area is 204 Å². The summed E-state index contributed by atoms with van der Waals surface area (Å²) in [6, 6.07) is 10.7. The fourth-order valence-electron chi connectivity index (χ4n) is 4.19. The van der Waals surface area contributed by atoms with Crippen molar-refractivity contribution in [2.24, 2.45) is 0 Å². The van der Waals surface area contributed by atoms with Crippen molar-refractivity contribution in [1.29, 1.82) is 0 Å². The van der Waals surface area contributed by atoms with Gasteiger partial charge in [0.05, 0.1) is 0 Å². The van der Waals surface area contributed by atoms with Crippen LogP contribution in [0.2, 0.25) is 5.02 Å². The van der Waals surface area contributed by atoms with Crippen LogP contribution < -0.4 is 10.2 Å². The monoisotopic (exact) mass is 500 g/mol. The molecule has 3 N–H and O–H groups in total. The number of ether oxygens (including phenoxy) is 1. The molecule has 35 heavy (non-hydrogen) atoms. The van der Waals surface area contributed by atoms with Crippen LogP contribution in [0.3, 0.4) is 0 Å². The summed E-state index contributed by atoms with van der Waals surface area (Å²) in [6.45, 7) is 1.50. The molecule has 1 aromatic heterocycles. The van der Waals surface area contributed by atoms with Gasteiger partial charge >= 0.3 is 6.09 Å². The number of aromatic amines is 1. The average Bonchev–Trinajstić information content (AvgIpc) is 3.31. The van der Waals surface area contributed by atoms with Gasteiger partial charge in [-0.2, -0.15) is 0 Å². The molecule has 3 aromatic rings. The summed E-state index contributed by atoms with van der Waals surface area (Å²) < 4.78 is 18.5. The summed E-state index contributed by atoms with van der Waals surface area (Å²) in [6.07, 6.45) is -0.164. The molecule has 0 spiro atoms. The van der Waals surface area contributed by atoms with Gasteiger partial charge in [0, 0.05) is 54.2 Å². The summed E-state index contributed by atoms with van der Waals surface area (Å²) in [4.78, 5) is 43.8. The molecule has 0 unspecified atom stereocenters. The maximum atomic E-state index is 13.4. The Kier molecular flexibility index (Phi) is 5.86. The number of H-pyrrole nitrogens is 1. The predicted molar refractivity (Wildman–Crippen MR) is 125 cm³/mol. The molecule has 2 aliphatic heterocycles. The minimum atomic E-state index is -2.34. The van der Waals surface area contributed by atoms with Gasteiger partial charge in [-0.25, -0.2) is 9.18 Å². The van der Waals surface area contributed by atoms with Crippen LogP contribution >= 0.6 is 11.6 Å². The minimum Gasteiger partial charge on any atom is -0.407 e. The topological polar surface area (TPSA) is 115 Å². The van der Waals surface area contributed by atoms with E-state index in [9.17, 15) is 23.9 Å². The second kappa shape index (κ2) is 8.86. The van der Waals surface area contributed by atoms with Gasteiger partial charge in [0.15, 0.2) is 0 Å². The number of aliphatic hydroxyl groups is 1. The predicted octanol–water partition coefficient (Wildman–Crippen LogP) is 3.16. The maximum Gasteiger partial charge on any atom is 0.410 e. The quantitative estimate of drug-likeness (QED) is 0.465. The fourth-order valence-corrected chi connectivity index (χ4v) is 4.44. The van der Waals surface area contributed by atoms with Crippen molar-refractivity contribution in [2.45, 2.75) is 25.2 Å². The lowest BCUT2D eigenvalue weighted by molar-refractivity contribution is -0.175. The van der Waals surface area contributed by atoms with Crippen LogP contribution in [-0.4, -0.2) is 58.3 Å². The number of nitrogens with zero attached hydrogens (tertiary/aromatic N) is 2. The van der Waals surface area contributed by atoms with E-state index in [0.717, 1.165) is 36.5 Å². The number of hydrogen-bond donors (Lipinski definition) is 3. The van der Waals surface area contributed by atoms with Crippen molar-refractivity contribution in [3.05, 3.63) is 64.6 Å². The van der Waals surface area contributed by atoms with E-state index in [2.05, 4.69) is 10.3 Å². The lowest BCUT2D eigenvalue weighted by atomic mass is 10.2. The zero-order chi connectivity index (χ0) is 24.7. The van der Waals surface area contributed by atoms with Gasteiger partial charge in [-0.15, -0.1) is 0 Å². The minimum absolute atomic E-state index is 0.0689. The molecule has 2 fully saturated rings. The number of alkyl carbamates (subject to hydrolysis) is 1. The van der Waals surface area contributed by atoms with Gasteiger partial charge in [0.1, 0.15) is 11.5 Å². The molecule has 2 saturated heterocycles. The number of aromatic nitrogens is 1. The van der Waals surface area contributed by atoms with Crippen LogP contribution in [0.25, 0.3) is 10.9 Å². The Hall–Kier alpha value is -3.63. The highest BCUT2D eigenvalue weighted by molar-refractivity contribution is 6.30. The molecule has 9 nitrogen and oxygen atoms in total. The first-order chi connectivity index (χ1) is 16.7. The molecule has 182 valence electrons. The van der Waals surface area contributed by atoms with Crippen LogP contribution in [-0.2, 0) is 16.1 Å². The highest BCUT2D eigenvalue weighted by atomic mass is 35.5. The first-order valence-electron chi connectivity index (χ1n) is 11.1. The van der Waals surface area contributed by atoms with Crippen LogP contribution in [0.15, 0.2) is 42.5 Å². The van der Waals surface area contributed by atoms with Gasteiger partial charge in [-0.1, -0.05) is 11.6 Å². The third-order valence-electron chi connectivity index (χ3n) is 6.16. The summed E-state index contributed by atoms with van der Waals surface area (Å²) in [5.74, 6) is -3.75. The molecular formula is C24H22ClFN4O5. The number of rotatable bonds is 5. The number of likely N-dealkylation sites (tertiary alicyclic amines) is 1. The van der Waals surface area contributed by atoms with E-state index >= 15 is 0 Å². The zero-order valence-electron chi connectivity index (χ0n) is 18.5. The number of benzene rings is 2. The van der Waals surface area contributed by atoms with Gasteiger partial charge in [-0.05, 0) is 54.4 Å². The molecular weight excluding hydrogens is 479 g/mol. The van der Waals surface area contributed by atoms with Crippen molar-refractivity contribution in [2.75, 3.05) is 24.5 Å². The number of anilines is 1. The Bertz CT molecular complexity index is 1320. The van der Waals surface area contributed by atoms with Gasteiger partial charge in [-0.3, -0.25) is 9.59 Å². The Morgan fingerprint density at radius 1 is 1.17 bits per heavy atom. The maximum absolute atomic E-state index is 13.4. The van der Waals surface area contributed by atoms with Gasteiger partial charge in [0.2, 0.25) is 0 Å². The second-order valence-electron chi connectivity index (χ2n) is 8.61. The number of halogens is 2. The van der Waals surface area contributed by atoms with E-state index in [4.69, 9.17) is 16.3 Å². The highest BCUT2D eigenvalue weighted by Crippen LogP contribution is 2.32. The van der Waals surface area contributed by atoms with Gasteiger partial charge < -0.3 is 29.9 Å². The molecule has 5 rings (SSSR count). The first-order valence-corrected chi connectivity index (χ1v) is 11.5. The van der Waals surface area contributed by atoms with E-state index in [1.54, 1.807) is 29.2 Å². The molecule has 3 heterocycles. The largest absolute Gasteiger partial charge is 0.410 e. The summed E-state index contributed by atoms with van der Waals surface area (Å²) in [7, 11) is 0. The van der Waals surface area contributed by atoms with Gasteiger partial charge in [0.25, 0.3) is 17.6 Å². The van der Waals surface area contributed by atoms with Crippen LogP contribution in [0.1, 0.15) is 28.9 Å². The number of fused-ring (bicyclic) bond motifs is 1. The SMILES string of the molecule is O=C(NCc1cc(F)cc(Cl)c1)O[C@@]1(O)CCN(c2ccc3[nH]c(C(=O)N4CCC4)cc3c2)C1=O. The first kappa shape index (κ1) is 23.1. The third-order valence-corrected chi connectivity index (χ3v) is 6.38. The molecule has 2 aromatic carbocycles. The van der Waals surface area contributed by atoms with Crippen LogP contribution in [0.4, 0.5) is 14.9 Å². The van der Waals surface area contributed by atoms with E-state index in [-0.39, 0.29) is 30.4 Å². The van der Waals surface area contributed by atoms with E-state index in [0.29, 0.717) is 16.9 Å². The Morgan fingerprint density at radius 2 is 1.97 bits per heavy atom. The molecule has 0 aliphatic carbocycles. The molecule has 2 aliphatic rings. The fraction of sp³-hybridized carbons (Fsp3) is 0.292. The Morgan fingerprint density at radius 3 is 2.69 bits per heavy atom. The molecule has 11 heteroatoms. The lowest BCUT2D eigenvalue weighted by Gasteiger charge is -2.30. The summed E-state index contributed by atoms with van der Waals surface area (Å²) >= 11 is 5.80. The standard InChI is InChI=1S/C24H22ClFN4O5/c25-16-8-14(9-17(26)12-16)13-27-23(33)35-24(34)4-7-30(22(24)32)18-2-3-19-15(10-18)11-20(28-19)21(31)29-5-1-6-29/h2-3,8-12,28,34H,1,4-7,13H2,(H,27,33)/t24-/m0/s1. The second-order valence-corrected chi connectivity index (χ2v) is 9.05. The number of amides is 3. The lowest BCUT2D eigenvalue weighted by Crippen LogP contribution is -2.46. The normalized spacial score (nSPS) is 19.7. The third kappa shape index (κ3) is 4.54. The van der Waals surface area contributed by atoms with Crippen molar-refractivity contribution >= 4 is 46.1 Å². The van der Waals surface area contributed by atoms with E-state index < -0.39 is 23.6 Å². The van der Waals surface area contributed by atoms with Crippen molar-refractivity contribution in [3.8, 4) is 0 Å². The number of hydrogen-bond acceptors (Lipinski definition) is 5. The molecule has 0 saturated carbocycles. The molecule has 3 amide bonds. The Balaban J connectivity index is 1.25. The van der Waals surface area contributed by atoms with Crippen LogP contribution in [0, 0.1) is 5.82 Å². The highest BCUT2D eigenvalue weighted by Gasteiger charge is 2.49. The summed E-state index contributed by atoms with van der Waals surface area (Å²) in [5.41, 5.74) is 2.11. The zero-order valence-corrected chi connectivity index (χ0v) is 19.3. The number of nitrogens with one attached hydrogen (secondary N) is 2.